The van der Waals surface area contributed by atoms with Crippen LogP contribution in [0, 0.1) is 0 Å². The van der Waals surface area contributed by atoms with E-state index in [0.717, 1.165) is 19.8 Å². The molecule has 0 saturated heterocycles. The highest BCUT2D eigenvalue weighted by molar-refractivity contribution is 9.10. The van der Waals surface area contributed by atoms with Crippen molar-refractivity contribution in [3.8, 4) is 0 Å². The third-order valence-corrected chi connectivity index (χ3v) is 3.39. The van der Waals surface area contributed by atoms with Gasteiger partial charge in [0.05, 0.1) is 9.72 Å². The molecule has 1 heterocycles. The van der Waals surface area contributed by atoms with E-state index < -0.39 is 0 Å². The quantitative estimate of drug-likeness (QED) is 0.858. The highest BCUT2D eigenvalue weighted by atomic mass is 79.9. The van der Waals surface area contributed by atoms with E-state index in [2.05, 4.69) is 26.2 Å². The molecule has 0 aliphatic carbocycles. The lowest BCUT2D eigenvalue weighted by Gasteiger charge is -1.92. The number of anilines is 1. The number of fused-ring (bicyclic) bond motifs is 1. The van der Waals surface area contributed by atoms with Crippen LogP contribution in [0.1, 0.15) is 0 Å². The van der Waals surface area contributed by atoms with E-state index in [9.17, 15) is 0 Å². The molecule has 0 aliphatic heterocycles. The van der Waals surface area contributed by atoms with Crippen LogP contribution in [0.4, 0.5) is 5.13 Å². The van der Waals surface area contributed by atoms with Gasteiger partial charge in [0.15, 0.2) is 5.13 Å². The predicted molar refractivity (Wildman–Crippen MR) is 61.9 cm³/mol. The smallest absolute Gasteiger partial charge is 0.183 e. The molecule has 1 aromatic carbocycles. The maximum Gasteiger partial charge on any atom is 0.183 e. The molecule has 2 nitrogen and oxygen atoms in total. The summed E-state index contributed by atoms with van der Waals surface area (Å²) in [7, 11) is 1.85. The number of nitrogens with zero attached hydrogens (tertiary/aromatic N) is 1. The zero-order valence-electron chi connectivity index (χ0n) is 6.77. The molecule has 1 N–H and O–H groups in total. The summed E-state index contributed by atoms with van der Waals surface area (Å²) in [5, 5.41) is 4.56. The first-order chi connectivity index (χ1) is 6.20. The summed E-state index contributed by atoms with van der Waals surface area (Å²) in [6.45, 7) is 0. The Morgan fingerprint density at radius 3 is 3.00 bits per heavy atom. The number of rotatable bonds is 1. The fraction of sp³-hybridized carbons (Fsp3) is 0.125. The lowest BCUT2D eigenvalue weighted by atomic mass is 10.3. The van der Waals surface area contributed by atoms with Crippen LogP contribution in [0.2, 0.25) is 5.02 Å². The lowest BCUT2D eigenvalue weighted by molar-refractivity contribution is 1.41. The molecule has 68 valence electrons. The Balaban J connectivity index is 2.75. The van der Waals surface area contributed by atoms with E-state index in [1.807, 2.05) is 19.2 Å². The summed E-state index contributed by atoms with van der Waals surface area (Å²) in [5.41, 5.74) is 0.860. The van der Waals surface area contributed by atoms with E-state index in [1.54, 1.807) is 11.3 Å². The third kappa shape index (κ3) is 1.66. The molecule has 5 heteroatoms. The van der Waals surface area contributed by atoms with Crippen molar-refractivity contribution in [2.45, 2.75) is 0 Å². The zero-order chi connectivity index (χ0) is 9.42. The van der Waals surface area contributed by atoms with Gasteiger partial charge >= 0.3 is 0 Å². The SMILES string of the molecule is CNc1nc2c(Cl)cc(Br)cc2s1. The van der Waals surface area contributed by atoms with Gasteiger partial charge in [-0.25, -0.2) is 4.98 Å². The van der Waals surface area contributed by atoms with Crippen molar-refractivity contribution < 1.29 is 0 Å². The van der Waals surface area contributed by atoms with Crippen LogP contribution >= 0.6 is 38.9 Å². The van der Waals surface area contributed by atoms with Crippen LogP contribution in [-0.4, -0.2) is 12.0 Å². The minimum absolute atomic E-state index is 0.683. The molecule has 0 unspecified atom stereocenters. The van der Waals surface area contributed by atoms with Crippen molar-refractivity contribution in [3.05, 3.63) is 21.6 Å². The molecule has 0 saturated carbocycles. The van der Waals surface area contributed by atoms with E-state index in [1.165, 1.54) is 0 Å². The van der Waals surface area contributed by atoms with Crippen LogP contribution in [-0.2, 0) is 0 Å². The molecule has 0 bridgehead atoms. The van der Waals surface area contributed by atoms with Gasteiger partial charge in [-0.05, 0) is 12.1 Å². The molecule has 1 aromatic heterocycles. The van der Waals surface area contributed by atoms with E-state index in [4.69, 9.17) is 11.6 Å². The van der Waals surface area contributed by atoms with E-state index in [0.29, 0.717) is 5.02 Å². The number of thiazole rings is 1. The Morgan fingerprint density at radius 1 is 1.54 bits per heavy atom. The maximum absolute atomic E-state index is 6.02. The van der Waals surface area contributed by atoms with Gasteiger partial charge in [-0.3, -0.25) is 0 Å². The molecule has 0 fully saturated rings. The molecule has 2 aromatic rings. The molecule has 0 aliphatic rings. The second-order valence-electron chi connectivity index (χ2n) is 2.50. The molecular weight excluding hydrogens is 272 g/mol. The normalized spacial score (nSPS) is 10.7. The van der Waals surface area contributed by atoms with E-state index >= 15 is 0 Å². The molecule has 0 spiro atoms. The monoisotopic (exact) mass is 276 g/mol. The minimum atomic E-state index is 0.683. The van der Waals surface area contributed by atoms with Crippen molar-refractivity contribution in [3.63, 3.8) is 0 Å². The highest BCUT2D eigenvalue weighted by Crippen LogP contribution is 2.33. The van der Waals surface area contributed by atoms with Crippen LogP contribution in [0.5, 0.6) is 0 Å². The van der Waals surface area contributed by atoms with Gasteiger partial charge < -0.3 is 5.32 Å². The summed E-state index contributed by atoms with van der Waals surface area (Å²) in [6, 6.07) is 3.86. The Kier molecular flexibility index (Phi) is 2.45. The van der Waals surface area contributed by atoms with Gasteiger partial charge in [-0.1, -0.05) is 38.9 Å². The average Bonchev–Trinajstić information content (AvgIpc) is 2.47. The Hall–Kier alpha value is -0.320. The maximum atomic E-state index is 6.02. The molecular formula is C8H6BrClN2S. The fourth-order valence-electron chi connectivity index (χ4n) is 1.06. The Labute approximate surface area is 93.1 Å². The largest absolute Gasteiger partial charge is 0.365 e. The van der Waals surface area contributed by atoms with Gasteiger partial charge in [0.2, 0.25) is 0 Å². The summed E-state index contributed by atoms with van der Waals surface area (Å²) >= 11 is 11.0. The van der Waals surface area contributed by atoms with Crippen LogP contribution in [0.3, 0.4) is 0 Å². The standard InChI is InChI=1S/C8H6BrClN2S/c1-11-8-12-7-5(10)2-4(9)3-6(7)13-8/h2-3H,1H3,(H,11,12). The number of nitrogens with one attached hydrogen (secondary N) is 1. The van der Waals surface area contributed by atoms with Crippen molar-refractivity contribution in [2.75, 3.05) is 12.4 Å². The first-order valence-electron chi connectivity index (χ1n) is 3.64. The molecule has 0 radical (unpaired) electrons. The van der Waals surface area contributed by atoms with Crippen LogP contribution in [0.15, 0.2) is 16.6 Å². The summed E-state index contributed by atoms with van der Waals surface area (Å²) in [6.07, 6.45) is 0. The number of halogens is 2. The zero-order valence-corrected chi connectivity index (χ0v) is 9.92. The van der Waals surface area contributed by atoms with Crippen molar-refractivity contribution in [1.29, 1.82) is 0 Å². The average molecular weight is 278 g/mol. The fourth-order valence-corrected chi connectivity index (χ4v) is 3.01. The second-order valence-corrected chi connectivity index (χ2v) is 4.86. The van der Waals surface area contributed by atoms with Crippen molar-refractivity contribution in [1.82, 2.24) is 4.98 Å². The summed E-state index contributed by atoms with van der Waals surface area (Å²) in [5.74, 6) is 0. The van der Waals surface area contributed by atoms with E-state index in [-0.39, 0.29) is 0 Å². The molecule has 0 amide bonds. The highest BCUT2D eigenvalue weighted by Gasteiger charge is 2.06. The number of hydrogen-bond donors (Lipinski definition) is 1. The molecule has 13 heavy (non-hydrogen) atoms. The first-order valence-corrected chi connectivity index (χ1v) is 5.63. The topological polar surface area (TPSA) is 24.9 Å². The molecule has 2 rings (SSSR count). The second kappa shape index (κ2) is 3.44. The summed E-state index contributed by atoms with van der Waals surface area (Å²) < 4.78 is 2.07. The Bertz CT molecular complexity index is 455. The van der Waals surface area contributed by atoms with Gasteiger partial charge in [0.1, 0.15) is 5.52 Å². The number of aromatic nitrogens is 1. The van der Waals surface area contributed by atoms with Crippen molar-refractivity contribution in [2.24, 2.45) is 0 Å². The van der Waals surface area contributed by atoms with Crippen molar-refractivity contribution >= 4 is 54.2 Å². The minimum Gasteiger partial charge on any atom is -0.365 e. The lowest BCUT2D eigenvalue weighted by Crippen LogP contribution is -1.84. The third-order valence-electron chi connectivity index (χ3n) is 1.63. The number of benzene rings is 1. The van der Waals surface area contributed by atoms with Gasteiger partial charge in [-0.15, -0.1) is 0 Å². The van der Waals surface area contributed by atoms with Crippen LogP contribution < -0.4 is 5.32 Å². The Morgan fingerprint density at radius 2 is 2.31 bits per heavy atom. The first kappa shape index (κ1) is 9.24. The predicted octanol–water partition coefficient (Wildman–Crippen LogP) is 3.75. The number of hydrogen-bond acceptors (Lipinski definition) is 3. The van der Waals surface area contributed by atoms with Gasteiger partial charge in [-0.2, -0.15) is 0 Å². The van der Waals surface area contributed by atoms with Crippen LogP contribution in [0.25, 0.3) is 10.2 Å². The summed E-state index contributed by atoms with van der Waals surface area (Å²) in [4.78, 5) is 4.33. The van der Waals surface area contributed by atoms with Gasteiger partial charge in [0, 0.05) is 11.5 Å². The molecule has 0 atom stereocenters. The van der Waals surface area contributed by atoms with Gasteiger partial charge in [0.25, 0.3) is 0 Å².